The summed E-state index contributed by atoms with van der Waals surface area (Å²) in [5, 5.41) is 0.400. The summed E-state index contributed by atoms with van der Waals surface area (Å²) in [4.78, 5) is 8.05. The van der Waals surface area contributed by atoms with Crippen molar-refractivity contribution in [2.45, 2.75) is 31.8 Å². The number of hydrogen-bond acceptors (Lipinski definition) is 5. The first-order chi connectivity index (χ1) is 8.74. The van der Waals surface area contributed by atoms with Gasteiger partial charge in [0.05, 0.1) is 13.3 Å². The van der Waals surface area contributed by atoms with Crippen LogP contribution >= 0.6 is 11.6 Å². The molecule has 1 heterocycles. The Labute approximate surface area is 112 Å². The van der Waals surface area contributed by atoms with E-state index in [0.717, 1.165) is 19.3 Å². The van der Waals surface area contributed by atoms with E-state index >= 15 is 0 Å². The van der Waals surface area contributed by atoms with Gasteiger partial charge < -0.3 is 15.2 Å². The van der Waals surface area contributed by atoms with Gasteiger partial charge in [-0.3, -0.25) is 0 Å². The molecule has 100 valence electrons. The molecule has 2 N–H and O–H groups in total. The zero-order valence-corrected chi connectivity index (χ0v) is 11.2. The minimum absolute atomic E-state index is 0.0841. The lowest BCUT2D eigenvalue weighted by molar-refractivity contribution is 0.0914. The quantitative estimate of drug-likeness (QED) is 0.907. The van der Waals surface area contributed by atoms with Crippen LogP contribution in [0.1, 0.15) is 25.7 Å². The van der Waals surface area contributed by atoms with E-state index in [9.17, 15) is 0 Å². The zero-order valence-electron chi connectivity index (χ0n) is 10.4. The maximum absolute atomic E-state index is 6.03. The molecule has 6 heteroatoms. The van der Waals surface area contributed by atoms with Crippen molar-refractivity contribution < 1.29 is 9.47 Å². The van der Waals surface area contributed by atoms with Crippen LogP contribution in [0.2, 0.25) is 5.02 Å². The summed E-state index contributed by atoms with van der Waals surface area (Å²) in [6.45, 7) is 0.629. The maximum atomic E-state index is 6.03. The van der Waals surface area contributed by atoms with Gasteiger partial charge in [-0.15, -0.1) is 0 Å². The summed E-state index contributed by atoms with van der Waals surface area (Å²) in [6.07, 6.45) is 6.03. The Morgan fingerprint density at radius 1 is 1.44 bits per heavy atom. The second kappa shape index (κ2) is 6.20. The van der Waals surface area contributed by atoms with Crippen molar-refractivity contribution in [3.63, 3.8) is 0 Å². The number of rotatable bonds is 4. The van der Waals surface area contributed by atoms with Crippen LogP contribution in [0.5, 0.6) is 11.9 Å². The van der Waals surface area contributed by atoms with E-state index in [4.69, 9.17) is 26.8 Å². The summed E-state index contributed by atoms with van der Waals surface area (Å²) in [5.74, 6) is 0.754. The second-order valence-corrected chi connectivity index (χ2v) is 4.85. The van der Waals surface area contributed by atoms with Gasteiger partial charge >= 0.3 is 6.01 Å². The molecule has 2 rings (SSSR count). The highest BCUT2D eigenvalue weighted by Gasteiger charge is 2.26. The fourth-order valence-electron chi connectivity index (χ4n) is 2.26. The maximum Gasteiger partial charge on any atom is 0.319 e. The predicted octanol–water partition coefficient (Wildman–Crippen LogP) is 2.03. The van der Waals surface area contributed by atoms with E-state index in [1.165, 1.54) is 19.7 Å². The fraction of sp³-hybridized carbons (Fsp3) is 0.667. The van der Waals surface area contributed by atoms with Crippen molar-refractivity contribution in [1.29, 1.82) is 0 Å². The zero-order chi connectivity index (χ0) is 13.0. The van der Waals surface area contributed by atoms with Gasteiger partial charge in [-0.1, -0.05) is 18.0 Å². The third kappa shape index (κ3) is 3.03. The van der Waals surface area contributed by atoms with Crippen molar-refractivity contribution in [2.24, 2.45) is 11.7 Å². The van der Waals surface area contributed by atoms with Gasteiger partial charge in [0.15, 0.2) is 0 Å². The van der Waals surface area contributed by atoms with E-state index in [1.807, 2.05) is 0 Å². The van der Waals surface area contributed by atoms with Crippen LogP contribution in [0, 0.1) is 5.92 Å². The van der Waals surface area contributed by atoms with Gasteiger partial charge in [-0.25, -0.2) is 4.98 Å². The van der Waals surface area contributed by atoms with Gasteiger partial charge in [-0.05, 0) is 25.8 Å². The molecule has 1 saturated carbocycles. The number of nitrogens with two attached hydrogens (primary N) is 1. The molecule has 1 aromatic heterocycles. The lowest BCUT2D eigenvalue weighted by Gasteiger charge is -2.30. The first kappa shape index (κ1) is 13.4. The molecule has 1 aromatic rings. The molecule has 0 aliphatic heterocycles. The molecule has 0 saturated heterocycles. The van der Waals surface area contributed by atoms with E-state index < -0.39 is 0 Å². The molecule has 0 radical (unpaired) electrons. The largest absolute Gasteiger partial charge is 0.473 e. The molecule has 1 aliphatic carbocycles. The average Bonchev–Trinajstić information content (AvgIpc) is 2.42. The van der Waals surface area contributed by atoms with Crippen LogP contribution in [0.15, 0.2) is 6.20 Å². The number of halogens is 1. The minimum atomic E-state index is 0.0841. The number of ether oxygens (including phenoxy) is 2. The Kier molecular flexibility index (Phi) is 4.60. The van der Waals surface area contributed by atoms with Crippen molar-refractivity contribution in [1.82, 2.24) is 9.97 Å². The van der Waals surface area contributed by atoms with Gasteiger partial charge in [0.2, 0.25) is 5.88 Å². The predicted molar refractivity (Wildman–Crippen MR) is 69.0 cm³/mol. The van der Waals surface area contributed by atoms with Gasteiger partial charge in [-0.2, -0.15) is 4.98 Å². The molecular weight excluding hydrogens is 254 g/mol. The first-order valence-corrected chi connectivity index (χ1v) is 6.55. The highest BCUT2D eigenvalue weighted by atomic mass is 35.5. The molecule has 2 atom stereocenters. The van der Waals surface area contributed by atoms with Crippen LogP contribution in [0.3, 0.4) is 0 Å². The Morgan fingerprint density at radius 2 is 2.22 bits per heavy atom. The van der Waals surface area contributed by atoms with E-state index in [2.05, 4.69) is 9.97 Å². The van der Waals surface area contributed by atoms with Crippen LogP contribution in [-0.4, -0.2) is 29.7 Å². The normalized spacial score (nSPS) is 23.7. The van der Waals surface area contributed by atoms with Crippen LogP contribution < -0.4 is 15.2 Å². The number of aromatic nitrogens is 2. The Bertz CT molecular complexity index is 403. The van der Waals surface area contributed by atoms with Gasteiger partial charge in [0.25, 0.3) is 0 Å². The summed E-state index contributed by atoms with van der Waals surface area (Å²) >= 11 is 6.03. The molecule has 1 aliphatic rings. The Hall–Kier alpha value is -1.07. The third-order valence-corrected chi connectivity index (χ3v) is 3.54. The number of nitrogens with zero attached hydrogens (tertiary/aromatic N) is 2. The lowest BCUT2D eigenvalue weighted by Crippen LogP contribution is -2.35. The van der Waals surface area contributed by atoms with E-state index in [1.54, 1.807) is 0 Å². The average molecular weight is 272 g/mol. The number of hydrogen-bond donors (Lipinski definition) is 1. The summed E-state index contributed by atoms with van der Waals surface area (Å²) in [7, 11) is 1.51. The topological polar surface area (TPSA) is 70.3 Å². The summed E-state index contributed by atoms with van der Waals surface area (Å²) in [5.41, 5.74) is 5.77. The molecule has 5 nitrogen and oxygen atoms in total. The third-order valence-electron chi connectivity index (χ3n) is 3.28. The molecule has 18 heavy (non-hydrogen) atoms. The molecule has 0 amide bonds. The van der Waals surface area contributed by atoms with E-state index in [-0.39, 0.29) is 12.1 Å². The van der Waals surface area contributed by atoms with Crippen LogP contribution in [0.25, 0.3) is 0 Å². The number of methoxy groups -OCH3 is 1. The van der Waals surface area contributed by atoms with Crippen molar-refractivity contribution in [2.75, 3.05) is 13.7 Å². The smallest absolute Gasteiger partial charge is 0.319 e. The SMILES string of the molecule is COc1ncc(Cl)c(OC2CCCCC2CN)n1. The van der Waals surface area contributed by atoms with Crippen molar-refractivity contribution in [3.05, 3.63) is 11.2 Å². The lowest BCUT2D eigenvalue weighted by atomic mass is 9.86. The summed E-state index contributed by atoms with van der Waals surface area (Å²) < 4.78 is 10.9. The van der Waals surface area contributed by atoms with Crippen LogP contribution in [-0.2, 0) is 0 Å². The molecule has 0 bridgehead atoms. The molecule has 0 spiro atoms. The standard InChI is InChI=1S/C12H18ClN3O2/c1-17-12-15-7-9(13)11(16-12)18-10-5-3-2-4-8(10)6-14/h7-8,10H,2-6,14H2,1H3. The van der Waals surface area contributed by atoms with Crippen molar-refractivity contribution in [3.8, 4) is 11.9 Å². The second-order valence-electron chi connectivity index (χ2n) is 4.45. The van der Waals surface area contributed by atoms with Crippen molar-refractivity contribution >= 4 is 11.6 Å². The fourth-order valence-corrected chi connectivity index (χ4v) is 2.39. The first-order valence-electron chi connectivity index (χ1n) is 6.18. The summed E-state index contributed by atoms with van der Waals surface area (Å²) in [6, 6.07) is 0.259. The molecule has 0 aromatic carbocycles. The van der Waals surface area contributed by atoms with Gasteiger partial charge in [0.1, 0.15) is 11.1 Å². The molecular formula is C12H18ClN3O2. The van der Waals surface area contributed by atoms with Crippen LogP contribution in [0.4, 0.5) is 0 Å². The van der Waals surface area contributed by atoms with E-state index in [0.29, 0.717) is 23.4 Å². The monoisotopic (exact) mass is 271 g/mol. The molecule has 2 unspecified atom stereocenters. The Morgan fingerprint density at radius 3 is 2.94 bits per heavy atom. The van der Waals surface area contributed by atoms with Gasteiger partial charge in [0, 0.05) is 5.92 Å². The highest BCUT2D eigenvalue weighted by Crippen LogP contribution is 2.30. The Balaban J connectivity index is 2.11. The molecule has 1 fully saturated rings. The highest BCUT2D eigenvalue weighted by molar-refractivity contribution is 6.31. The minimum Gasteiger partial charge on any atom is -0.473 e.